The fourth-order valence-corrected chi connectivity index (χ4v) is 11.0. The summed E-state index contributed by atoms with van der Waals surface area (Å²) in [5.74, 6) is 1.77. The second kappa shape index (κ2) is 13.3. The van der Waals surface area contributed by atoms with Gasteiger partial charge >= 0.3 is 0 Å². The maximum atomic E-state index is 6.36. The van der Waals surface area contributed by atoms with Gasteiger partial charge in [-0.15, -0.1) is 22.7 Å². The molecule has 0 unspecified atom stereocenters. The smallest absolute Gasteiger partial charge is 0.135 e. The fourth-order valence-electron chi connectivity index (χ4n) is 8.24. The summed E-state index contributed by atoms with van der Waals surface area (Å²) >= 11 is 3.79. The lowest BCUT2D eigenvalue weighted by atomic mass is 10.0. The Balaban J connectivity index is 0.792. The van der Waals surface area contributed by atoms with Gasteiger partial charge in [0.15, 0.2) is 0 Å². The van der Waals surface area contributed by atoms with Crippen LogP contribution in [0.15, 0.2) is 203 Å². The van der Waals surface area contributed by atoms with Crippen LogP contribution in [0, 0.1) is 0 Å². The molecule has 0 spiro atoms. The highest BCUT2D eigenvalue weighted by molar-refractivity contribution is 7.36. The van der Waals surface area contributed by atoms with Crippen molar-refractivity contribution in [2.75, 3.05) is 0 Å². The molecular formula is C54H32O2S2. The highest BCUT2D eigenvalue weighted by Gasteiger charge is 2.15. The minimum atomic E-state index is 0.883. The normalized spacial score (nSPS) is 11.8. The molecule has 0 aliphatic carbocycles. The van der Waals surface area contributed by atoms with E-state index < -0.39 is 0 Å². The van der Waals surface area contributed by atoms with Crippen LogP contribution in [-0.4, -0.2) is 0 Å². The summed E-state index contributed by atoms with van der Waals surface area (Å²) in [6.07, 6.45) is 0. The zero-order valence-electron chi connectivity index (χ0n) is 31.1. The van der Waals surface area contributed by atoms with E-state index in [1.54, 1.807) is 0 Å². The van der Waals surface area contributed by atoms with Crippen molar-refractivity contribution in [3.8, 4) is 67.2 Å². The van der Waals surface area contributed by atoms with Crippen LogP contribution in [0.4, 0.5) is 0 Å². The van der Waals surface area contributed by atoms with Gasteiger partial charge in [-0.1, -0.05) is 158 Å². The van der Waals surface area contributed by atoms with E-state index in [1.165, 1.54) is 63.0 Å². The Kier molecular flexibility index (Phi) is 7.62. The average molecular weight is 777 g/mol. The molecule has 0 N–H and O–H groups in total. The van der Waals surface area contributed by atoms with Gasteiger partial charge in [0.25, 0.3) is 0 Å². The summed E-state index contributed by atoms with van der Waals surface area (Å²) in [7, 11) is 0. The molecule has 0 atom stereocenters. The van der Waals surface area contributed by atoms with Crippen LogP contribution in [0.25, 0.3) is 119 Å². The molecule has 0 saturated carbocycles. The lowest BCUT2D eigenvalue weighted by molar-refractivity contribution is 0.631. The van der Waals surface area contributed by atoms with Gasteiger partial charge in [-0.25, -0.2) is 0 Å². The highest BCUT2D eigenvalue weighted by Crippen LogP contribution is 2.46. The van der Waals surface area contributed by atoms with E-state index in [-0.39, 0.29) is 0 Å². The Hall–Kier alpha value is -6.98. The van der Waals surface area contributed by atoms with E-state index in [1.807, 2.05) is 34.8 Å². The van der Waals surface area contributed by atoms with Crippen molar-refractivity contribution in [3.63, 3.8) is 0 Å². The molecule has 4 aromatic heterocycles. The molecular weight excluding hydrogens is 745 g/mol. The Morgan fingerprint density at radius 1 is 0.276 bits per heavy atom. The van der Waals surface area contributed by atoms with Crippen LogP contribution < -0.4 is 0 Å². The van der Waals surface area contributed by atoms with Gasteiger partial charge in [-0.3, -0.25) is 0 Å². The minimum absolute atomic E-state index is 0.883. The number of hydrogen-bond acceptors (Lipinski definition) is 4. The molecule has 0 aliphatic heterocycles. The van der Waals surface area contributed by atoms with Gasteiger partial charge in [0.2, 0.25) is 0 Å². The number of furan rings is 2. The fraction of sp³-hybridized carbons (Fsp3) is 0. The Bertz CT molecular complexity index is 3240. The second-order valence-electron chi connectivity index (χ2n) is 14.9. The van der Waals surface area contributed by atoms with E-state index in [9.17, 15) is 0 Å². The SMILES string of the molecule is c1ccc(-c2ccc3cc(-c4ccc(-c5ccc6c(c5)sc5c7ccc(-c8ccc(-c9cc%10ccc(-c%11ccccc%11)cc%10o9)cc8)cc7sc65)cc4)oc3c2)cc1. The van der Waals surface area contributed by atoms with Crippen molar-refractivity contribution in [2.24, 2.45) is 0 Å². The molecule has 8 aromatic carbocycles. The van der Waals surface area contributed by atoms with Gasteiger partial charge in [-0.2, -0.15) is 0 Å². The predicted octanol–water partition coefficient (Wildman–Crippen LogP) is 16.8. The van der Waals surface area contributed by atoms with Gasteiger partial charge in [0.1, 0.15) is 22.7 Å². The highest BCUT2D eigenvalue weighted by atomic mass is 32.1. The zero-order valence-corrected chi connectivity index (χ0v) is 32.7. The molecule has 12 rings (SSSR count). The third kappa shape index (κ3) is 5.68. The summed E-state index contributed by atoms with van der Waals surface area (Å²) in [6, 6.07) is 69.3. The first-order chi connectivity index (χ1) is 28.7. The molecule has 2 nitrogen and oxygen atoms in total. The van der Waals surface area contributed by atoms with Crippen LogP contribution in [-0.2, 0) is 0 Å². The molecule has 4 heteroatoms. The topological polar surface area (TPSA) is 26.3 Å². The monoisotopic (exact) mass is 776 g/mol. The summed E-state index contributed by atoms with van der Waals surface area (Å²) in [5.41, 5.74) is 13.5. The second-order valence-corrected chi connectivity index (χ2v) is 17.0. The quantitative estimate of drug-likeness (QED) is 0.168. The summed E-state index contributed by atoms with van der Waals surface area (Å²) in [5, 5.41) is 4.87. The minimum Gasteiger partial charge on any atom is -0.456 e. The molecule has 0 fully saturated rings. The van der Waals surface area contributed by atoms with Crippen LogP contribution in [0.5, 0.6) is 0 Å². The molecule has 0 radical (unpaired) electrons. The van der Waals surface area contributed by atoms with E-state index in [0.717, 1.165) is 55.7 Å². The molecule has 0 aliphatic rings. The van der Waals surface area contributed by atoms with Crippen LogP contribution in [0.3, 0.4) is 0 Å². The first-order valence-corrected chi connectivity index (χ1v) is 21.1. The Labute approximate surface area is 342 Å². The molecule has 0 bridgehead atoms. The van der Waals surface area contributed by atoms with Crippen LogP contribution >= 0.6 is 22.7 Å². The Morgan fingerprint density at radius 3 is 1.05 bits per heavy atom. The molecule has 272 valence electrons. The average Bonchev–Trinajstić information content (AvgIpc) is 4.08. The summed E-state index contributed by atoms with van der Waals surface area (Å²) in [4.78, 5) is 0. The van der Waals surface area contributed by atoms with E-state index in [2.05, 4.69) is 182 Å². The molecule has 0 saturated heterocycles. The van der Waals surface area contributed by atoms with Crippen molar-refractivity contribution in [2.45, 2.75) is 0 Å². The molecule has 0 amide bonds. The number of benzene rings is 8. The molecule has 58 heavy (non-hydrogen) atoms. The van der Waals surface area contributed by atoms with Crippen molar-refractivity contribution in [1.29, 1.82) is 0 Å². The van der Waals surface area contributed by atoms with Crippen LogP contribution in [0.2, 0.25) is 0 Å². The maximum absolute atomic E-state index is 6.36. The summed E-state index contributed by atoms with van der Waals surface area (Å²) in [6.45, 7) is 0. The Morgan fingerprint density at radius 2 is 0.621 bits per heavy atom. The first kappa shape index (κ1) is 33.2. The van der Waals surface area contributed by atoms with Gasteiger partial charge in [0, 0.05) is 42.1 Å². The largest absolute Gasteiger partial charge is 0.456 e. The van der Waals surface area contributed by atoms with E-state index >= 15 is 0 Å². The van der Waals surface area contributed by atoms with Crippen LogP contribution in [0.1, 0.15) is 0 Å². The summed E-state index contributed by atoms with van der Waals surface area (Å²) < 4.78 is 18.1. The van der Waals surface area contributed by atoms with Crippen molar-refractivity contribution >= 4 is 74.2 Å². The number of rotatable bonds is 6. The predicted molar refractivity (Wildman–Crippen MR) is 247 cm³/mol. The molecule has 12 aromatic rings. The standard InChI is InChI=1S/C54H32O2S2/c1-3-7-33(8-4-1)39-19-21-43-29-47(55-49(43)27-39)37-15-11-35(12-16-37)41-23-25-45-51(31-41)57-54-46-26-24-42(32-52(46)58-53(45)54)36-13-17-38(18-14-36)48-30-44-22-20-40(28-50(44)56-48)34-9-5-2-6-10-34/h1-32H. The zero-order chi connectivity index (χ0) is 38.2. The van der Waals surface area contributed by atoms with Crippen molar-refractivity contribution < 1.29 is 8.83 Å². The number of hydrogen-bond donors (Lipinski definition) is 0. The third-order valence-corrected chi connectivity index (χ3v) is 13.8. The van der Waals surface area contributed by atoms with Crippen molar-refractivity contribution in [1.82, 2.24) is 0 Å². The number of fused-ring (bicyclic) bond motifs is 7. The lowest BCUT2D eigenvalue weighted by Gasteiger charge is -2.04. The van der Waals surface area contributed by atoms with Crippen molar-refractivity contribution in [3.05, 3.63) is 194 Å². The van der Waals surface area contributed by atoms with Gasteiger partial charge < -0.3 is 8.83 Å². The number of thiophene rings is 2. The van der Waals surface area contributed by atoms with Gasteiger partial charge in [0.05, 0.1) is 9.40 Å². The first-order valence-electron chi connectivity index (χ1n) is 19.5. The van der Waals surface area contributed by atoms with E-state index in [0.29, 0.717) is 0 Å². The maximum Gasteiger partial charge on any atom is 0.135 e. The molecule has 4 heterocycles. The third-order valence-electron chi connectivity index (χ3n) is 11.3. The van der Waals surface area contributed by atoms with E-state index in [4.69, 9.17) is 8.83 Å². The lowest BCUT2D eigenvalue weighted by Crippen LogP contribution is -1.79. The van der Waals surface area contributed by atoms with Gasteiger partial charge in [-0.05, 0) is 80.9 Å².